The Bertz CT molecular complexity index is 2570. The number of benzene rings is 3. The molecule has 2 aliphatic heterocycles. The molecule has 4 aromatic rings. The van der Waals surface area contributed by atoms with Crippen molar-refractivity contribution in [3.8, 4) is 0 Å². The SMILES string of the molecule is CCCCC[N+]1=C(/C=C/C2=C(N(C)C(=O)OCc3cc[n+](Cc4ccccc4)cc3)C(=C/C=C3/N(CCCCS(=O)(=O)O)c4ccccc4C3(C)C)/CC2)C(C)(C)c2ccccc21. The van der Waals surface area contributed by atoms with Gasteiger partial charge in [0.1, 0.15) is 13.2 Å². The normalized spacial score (nSPS) is 17.9. The number of pyridine rings is 1. The van der Waals surface area contributed by atoms with Gasteiger partial charge in [-0.1, -0.05) is 106 Å². The quantitative estimate of drug-likeness (QED) is 0.0645. The smallest absolute Gasteiger partial charge is 0.414 e. The molecule has 10 heteroatoms. The van der Waals surface area contributed by atoms with Crippen molar-refractivity contribution < 1.29 is 31.6 Å². The lowest BCUT2D eigenvalue weighted by Gasteiger charge is -2.27. The van der Waals surface area contributed by atoms with Crippen molar-refractivity contribution in [2.24, 2.45) is 0 Å². The molecule has 0 saturated heterocycles. The first-order chi connectivity index (χ1) is 30.2. The van der Waals surface area contributed by atoms with Crippen molar-refractivity contribution in [1.82, 2.24) is 4.90 Å². The Hall–Kier alpha value is -5.58. The van der Waals surface area contributed by atoms with Gasteiger partial charge in [0.15, 0.2) is 24.7 Å². The number of ether oxygens (including phenoxy) is 1. The summed E-state index contributed by atoms with van der Waals surface area (Å²) >= 11 is 0. The van der Waals surface area contributed by atoms with E-state index in [9.17, 15) is 17.8 Å². The lowest BCUT2D eigenvalue weighted by atomic mass is 9.81. The molecule has 3 heterocycles. The Kier molecular flexibility index (Phi) is 14.0. The number of unbranched alkanes of at least 4 members (excludes halogenated alkanes) is 3. The number of anilines is 1. The molecule has 3 aliphatic rings. The maximum Gasteiger partial charge on any atom is 0.414 e. The molecule has 1 aliphatic carbocycles. The second-order valence-corrected chi connectivity index (χ2v) is 19.7. The zero-order chi connectivity index (χ0) is 44.8. The molecule has 63 heavy (non-hydrogen) atoms. The fourth-order valence-electron chi connectivity index (χ4n) is 9.48. The van der Waals surface area contributed by atoms with E-state index in [0.717, 1.165) is 72.6 Å². The lowest BCUT2D eigenvalue weighted by Crippen LogP contribution is -2.33. The summed E-state index contributed by atoms with van der Waals surface area (Å²) in [4.78, 5) is 18.1. The standard InChI is InChI=1S/C53H63N4O5S/c1-7-8-16-33-56-46-23-14-12-21-44(46)52(2,3)48(56)29-27-42-25-26-43(28-30-49-53(4,5)45-22-13-15-24-47(45)57(49)34-17-18-37-63(59,60)61)50(42)54(6)51(58)62-39-41-31-35-55(36-32-41)38-40-19-10-9-11-20-40/h9-15,19-24,27-32,35-36H,7-8,16-18,25-26,33-34,37-39H2,1-6H3/q+1/p+1. The summed E-state index contributed by atoms with van der Waals surface area (Å²) in [6.07, 6.45) is 18.3. The average molecular weight is 869 g/mol. The molecule has 1 amide bonds. The lowest BCUT2D eigenvalue weighted by molar-refractivity contribution is -0.688. The molecule has 0 saturated carbocycles. The van der Waals surface area contributed by atoms with E-state index in [1.165, 1.54) is 34.5 Å². The maximum atomic E-state index is 14.1. The minimum absolute atomic E-state index is 0.146. The summed E-state index contributed by atoms with van der Waals surface area (Å²) < 4.78 is 43.1. The van der Waals surface area contributed by atoms with Crippen molar-refractivity contribution in [3.63, 3.8) is 0 Å². The van der Waals surface area contributed by atoms with Gasteiger partial charge < -0.3 is 9.64 Å². The Morgan fingerprint density at radius 1 is 0.810 bits per heavy atom. The van der Waals surface area contributed by atoms with Gasteiger partial charge in [0.2, 0.25) is 5.69 Å². The van der Waals surface area contributed by atoms with Crippen LogP contribution in [0.25, 0.3) is 0 Å². The number of rotatable bonds is 17. The second-order valence-electron chi connectivity index (χ2n) is 18.1. The molecule has 0 radical (unpaired) electrons. The molecule has 0 spiro atoms. The third-order valence-electron chi connectivity index (χ3n) is 12.9. The molecule has 0 bridgehead atoms. The van der Waals surface area contributed by atoms with Crippen molar-refractivity contribution in [3.05, 3.63) is 172 Å². The van der Waals surface area contributed by atoms with E-state index < -0.39 is 16.2 Å². The largest absolute Gasteiger partial charge is 0.444 e. The molecule has 1 N–H and O–H groups in total. The monoisotopic (exact) mass is 868 g/mol. The number of amides is 1. The third kappa shape index (κ3) is 10.3. The van der Waals surface area contributed by atoms with Crippen LogP contribution >= 0.6 is 0 Å². The fraction of sp³-hybridized carbons (Fsp3) is 0.377. The molecule has 0 unspecified atom stereocenters. The van der Waals surface area contributed by atoms with Crippen molar-refractivity contribution >= 4 is 33.3 Å². The first-order valence-corrected chi connectivity index (χ1v) is 24.1. The van der Waals surface area contributed by atoms with Crippen LogP contribution in [-0.4, -0.2) is 60.1 Å². The van der Waals surface area contributed by atoms with Crippen molar-refractivity contribution in [2.45, 2.75) is 104 Å². The van der Waals surface area contributed by atoms with Gasteiger partial charge in [-0.05, 0) is 74.8 Å². The summed E-state index contributed by atoms with van der Waals surface area (Å²) in [6, 6.07) is 31.4. The minimum atomic E-state index is -4.04. The number of aromatic nitrogens is 1. The van der Waals surface area contributed by atoms with Crippen LogP contribution in [0.15, 0.2) is 150 Å². The molecule has 330 valence electrons. The van der Waals surface area contributed by atoms with Gasteiger partial charge in [0.25, 0.3) is 10.1 Å². The van der Waals surface area contributed by atoms with E-state index in [1.807, 2.05) is 55.8 Å². The Morgan fingerprint density at radius 2 is 1.51 bits per heavy atom. The van der Waals surface area contributed by atoms with Gasteiger partial charge in [-0.15, -0.1) is 0 Å². The number of carbonyl (C=O) groups is 1. The highest BCUT2D eigenvalue weighted by Crippen LogP contribution is 2.48. The summed E-state index contributed by atoms with van der Waals surface area (Å²) in [7, 11) is -2.23. The summed E-state index contributed by atoms with van der Waals surface area (Å²) in [6.45, 7) is 13.7. The Labute approximate surface area is 375 Å². The highest BCUT2D eigenvalue weighted by Gasteiger charge is 2.44. The van der Waals surface area contributed by atoms with Gasteiger partial charge in [0, 0.05) is 77.8 Å². The summed E-state index contributed by atoms with van der Waals surface area (Å²) in [5.74, 6) is -0.265. The maximum absolute atomic E-state index is 14.1. The molecule has 0 fully saturated rings. The van der Waals surface area contributed by atoms with Gasteiger partial charge in [-0.25, -0.2) is 9.36 Å². The topological polar surface area (TPSA) is 94.0 Å². The number of nitrogens with zero attached hydrogens (tertiary/aromatic N) is 4. The number of hydrogen-bond acceptors (Lipinski definition) is 5. The molecule has 1 aromatic heterocycles. The van der Waals surface area contributed by atoms with E-state index in [-0.39, 0.29) is 23.2 Å². The zero-order valence-electron chi connectivity index (χ0n) is 37.9. The molecule has 7 rings (SSSR count). The highest BCUT2D eigenvalue weighted by atomic mass is 32.2. The van der Waals surface area contributed by atoms with Crippen LogP contribution in [0.5, 0.6) is 0 Å². The zero-order valence-corrected chi connectivity index (χ0v) is 38.7. The Balaban J connectivity index is 1.21. The van der Waals surface area contributed by atoms with E-state index >= 15 is 0 Å². The molecular weight excluding hydrogens is 805 g/mol. The molecule has 9 nitrogen and oxygen atoms in total. The van der Waals surface area contributed by atoms with Crippen LogP contribution in [0.1, 0.15) is 102 Å². The number of carbonyl (C=O) groups excluding carboxylic acids is 1. The number of allylic oxidation sites excluding steroid dienone is 7. The van der Waals surface area contributed by atoms with Crippen LogP contribution in [0.2, 0.25) is 0 Å². The number of hydrogen-bond donors (Lipinski definition) is 1. The van der Waals surface area contributed by atoms with E-state index in [2.05, 4.69) is 128 Å². The van der Waals surface area contributed by atoms with Crippen molar-refractivity contribution in [1.29, 1.82) is 0 Å². The molecule has 0 atom stereocenters. The highest BCUT2D eigenvalue weighted by molar-refractivity contribution is 7.85. The first kappa shape index (κ1) is 45.4. The number of para-hydroxylation sites is 2. The minimum Gasteiger partial charge on any atom is -0.444 e. The summed E-state index contributed by atoms with van der Waals surface area (Å²) in [5.41, 5.74) is 11.8. The molecule has 3 aromatic carbocycles. The van der Waals surface area contributed by atoms with Gasteiger partial charge in [-0.2, -0.15) is 13.0 Å². The predicted octanol–water partition coefficient (Wildman–Crippen LogP) is 10.7. The average Bonchev–Trinajstić information content (AvgIpc) is 3.84. The third-order valence-corrected chi connectivity index (χ3v) is 13.7. The van der Waals surface area contributed by atoms with Crippen LogP contribution in [0, 0.1) is 0 Å². The van der Waals surface area contributed by atoms with E-state index in [4.69, 9.17) is 4.74 Å². The number of fused-ring (bicyclic) bond motifs is 2. The van der Waals surface area contributed by atoms with Crippen LogP contribution in [0.4, 0.5) is 16.2 Å². The van der Waals surface area contributed by atoms with E-state index in [0.29, 0.717) is 19.4 Å². The fourth-order valence-corrected chi connectivity index (χ4v) is 10.1. The first-order valence-electron chi connectivity index (χ1n) is 22.5. The summed E-state index contributed by atoms with van der Waals surface area (Å²) in [5, 5.41) is 0. The van der Waals surface area contributed by atoms with E-state index in [1.54, 1.807) is 4.90 Å². The second kappa shape index (κ2) is 19.4. The molecular formula is C53H64N4O5S+2. The van der Waals surface area contributed by atoms with Crippen LogP contribution in [0.3, 0.4) is 0 Å². The van der Waals surface area contributed by atoms with Crippen LogP contribution in [-0.2, 0) is 38.8 Å². The van der Waals surface area contributed by atoms with Gasteiger partial charge in [-0.3, -0.25) is 9.45 Å². The predicted molar refractivity (Wildman–Crippen MR) is 253 cm³/mol. The van der Waals surface area contributed by atoms with Gasteiger partial charge >= 0.3 is 6.09 Å². The Morgan fingerprint density at radius 3 is 2.24 bits per heavy atom. The van der Waals surface area contributed by atoms with Gasteiger partial charge in [0.05, 0.1) is 16.9 Å². The number of likely N-dealkylation sites (N-methyl/N-ethyl adjacent to an activating group) is 1. The van der Waals surface area contributed by atoms with Crippen LogP contribution < -0.4 is 9.47 Å². The van der Waals surface area contributed by atoms with Crippen molar-refractivity contribution in [2.75, 3.05) is 30.8 Å².